The Hall–Kier alpha value is -0.120. The molecule has 3 atom stereocenters. The Morgan fingerprint density at radius 2 is 1.95 bits per heavy atom. The van der Waals surface area contributed by atoms with Gasteiger partial charge in [-0.1, -0.05) is 20.8 Å². The fourth-order valence-corrected chi connectivity index (χ4v) is 3.74. The standard InChI is InChI=1S/C16H34N2O/c1-5-15(6-2)18(9-10-19)12-14-11-13(3)7-8-16(14)17-4/h13-17,19H,5-12H2,1-4H3. The normalized spacial score (nSPS) is 28.3. The lowest BCUT2D eigenvalue weighted by molar-refractivity contribution is 0.0920. The molecule has 1 fully saturated rings. The van der Waals surface area contributed by atoms with E-state index in [1.165, 1.54) is 32.1 Å². The topological polar surface area (TPSA) is 35.5 Å². The molecule has 1 saturated carbocycles. The summed E-state index contributed by atoms with van der Waals surface area (Å²) in [5.41, 5.74) is 0. The highest BCUT2D eigenvalue weighted by Crippen LogP contribution is 2.30. The molecule has 114 valence electrons. The van der Waals surface area contributed by atoms with Crippen molar-refractivity contribution in [2.45, 2.75) is 65.0 Å². The van der Waals surface area contributed by atoms with Gasteiger partial charge in [-0.3, -0.25) is 4.90 Å². The van der Waals surface area contributed by atoms with Gasteiger partial charge in [-0.25, -0.2) is 0 Å². The number of aliphatic hydroxyl groups is 1. The molecule has 0 saturated heterocycles. The zero-order valence-electron chi connectivity index (χ0n) is 13.4. The number of hydrogen-bond donors (Lipinski definition) is 2. The van der Waals surface area contributed by atoms with Gasteiger partial charge in [-0.15, -0.1) is 0 Å². The molecule has 1 aliphatic rings. The van der Waals surface area contributed by atoms with Crippen molar-refractivity contribution < 1.29 is 5.11 Å². The molecule has 3 unspecified atom stereocenters. The summed E-state index contributed by atoms with van der Waals surface area (Å²) < 4.78 is 0. The van der Waals surface area contributed by atoms with E-state index in [0.717, 1.165) is 24.9 Å². The van der Waals surface area contributed by atoms with Crippen molar-refractivity contribution in [1.82, 2.24) is 10.2 Å². The molecular weight excluding hydrogens is 236 g/mol. The molecule has 3 heteroatoms. The maximum Gasteiger partial charge on any atom is 0.0558 e. The molecule has 0 aromatic heterocycles. The highest BCUT2D eigenvalue weighted by molar-refractivity contribution is 4.86. The minimum atomic E-state index is 0.281. The molecular formula is C16H34N2O. The second-order valence-corrected chi connectivity index (χ2v) is 6.26. The molecule has 2 N–H and O–H groups in total. The van der Waals surface area contributed by atoms with E-state index < -0.39 is 0 Å². The van der Waals surface area contributed by atoms with Gasteiger partial charge in [0.1, 0.15) is 0 Å². The van der Waals surface area contributed by atoms with Gasteiger partial charge in [0, 0.05) is 25.2 Å². The van der Waals surface area contributed by atoms with Crippen LogP contribution in [0, 0.1) is 11.8 Å². The van der Waals surface area contributed by atoms with Crippen molar-refractivity contribution in [1.29, 1.82) is 0 Å². The largest absolute Gasteiger partial charge is 0.395 e. The highest BCUT2D eigenvalue weighted by atomic mass is 16.3. The Kier molecular flexibility index (Phi) is 7.96. The molecule has 0 radical (unpaired) electrons. The minimum Gasteiger partial charge on any atom is -0.395 e. The predicted molar refractivity (Wildman–Crippen MR) is 82.4 cm³/mol. The van der Waals surface area contributed by atoms with Crippen molar-refractivity contribution in [3.63, 3.8) is 0 Å². The average Bonchev–Trinajstić information content (AvgIpc) is 2.40. The molecule has 0 spiro atoms. The monoisotopic (exact) mass is 270 g/mol. The molecule has 1 rings (SSSR count). The fourth-order valence-electron chi connectivity index (χ4n) is 3.74. The van der Waals surface area contributed by atoms with Crippen LogP contribution < -0.4 is 5.32 Å². The van der Waals surface area contributed by atoms with E-state index in [2.05, 4.69) is 38.0 Å². The predicted octanol–water partition coefficient (Wildman–Crippen LogP) is 2.49. The van der Waals surface area contributed by atoms with E-state index in [1.807, 2.05) is 0 Å². The zero-order valence-corrected chi connectivity index (χ0v) is 13.4. The van der Waals surface area contributed by atoms with E-state index in [9.17, 15) is 5.11 Å². The first-order valence-electron chi connectivity index (χ1n) is 8.18. The lowest BCUT2D eigenvalue weighted by atomic mass is 9.78. The third kappa shape index (κ3) is 5.05. The van der Waals surface area contributed by atoms with Gasteiger partial charge in [-0.05, 0) is 51.0 Å². The van der Waals surface area contributed by atoms with Crippen molar-refractivity contribution in [2.24, 2.45) is 11.8 Å². The van der Waals surface area contributed by atoms with E-state index in [-0.39, 0.29) is 6.61 Å². The van der Waals surface area contributed by atoms with Crippen LogP contribution in [0.3, 0.4) is 0 Å². The van der Waals surface area contributed by atoms with Gasteiger partial charge in [0.25, 0.3) is 0 Å². The highest BCUT2D eigenvalue weighted by Gasteiger charge is 2.30. The molecule has 1 aliphatic carbocycles. The lowest BCUT2D eigenvalue weighted by Gasteiger charge is -2.40. The van der Waals surface area contributed by atoms with Crippen molar-refractivity contribution in [3.05, 3.63) is 0 Å². The fraction of sp³-hybridized carbons (Fsp3) is 1.00. The number of nitrogens with one attached hydrogen (secondary N) is 1. The summed E-state index contributed by atoms with van der Waals surface area (Å²) in [5.74, 6) is 1.59. The van der Waals surface area contributed by atoms with Gasteiger partial charge >= 0.3 is 0 Å². The van der Waals surface area contributed by atoms with Crippen molar-refractivity contribution in [2.75, 3.05) is 26.7 Å². The van der Waals surface area contributed by atoms with Crippen LogP contribution in [0.1, 0.15) is 52.9 Å². The summed E-state index contributed by atoms with van der Waals surface area (Å²) in [7, 11) is 2.10. The Balaban J connectivity index is 2.63. The van der Waals surface area contributed by atoms with Gasteiger partial charge in [0.05, 0.1) is 6.61 Å². The lowest BCUT2D eigenvalue weighted by Crippen LogP contribution is -2.47. The first kappa shape index (κ1) is 16.9. The molecule has 0 aliphatic heterocycles. The van der Waals surface area contributed by atoms with Crippen LogP contribution in [-0.4, -0.2) is 48.8 Å². The van der Waals surface area contributed by atoms with Crippen LogP contribution >= 0.6 is 0 Å². The molecule has 0 aromatic rings. The molecule has 0 heterocycles. The van der Waals surface area contributed by atoms with Crippen LogP contribution in [0.4, 0.5) is 0 Å². The molecule has 19 heavy (non-hydrogen) atoms. The first-order chi connectivity index (χ1) is 9.15. The Morgan fingerprint density at radius 3 is 2.47 bits per heavy atom. The van der Waals surface area contributed by atoms with E-state index in [4.69, 9.17) is 0 Å². The van der Waals surface area contributed by atoms with Gasteiger partial charge in [-0.2, -0.15) is 0 Å². The first-order valence-corrected chi connectivity index (χ1v) is 8.18. The maximum atomic E-state index is 9.32. The van der Waals surface area contributed by atoms with E-state index >= 15 is 0 Å². The van der Waals surface area contributed by atoms with Crippen LogP contribution in [0.25, 0.3) is 0 Å². The third-order valence-corrected chi connectivity index (χ3v) is 4.93. The Labute approximate surface area is 119 Å². The van der Waals surface area contributed by atoms with Crippen LogP contribution in [0.15, 0.2) is 0 Å². The number of hydrogen-bond acceptors (Lipinski definition) is 3. The zero-order chi connectivity index (χ0) is 14.3. The molecule has 0 amide bonds. The van der Waals surface area contributed by atoms with E-state index in [0.29, 0.717) is 12.1 Å². The number of aliphatic hydroxyl groups excluding tert-OH is 1. The molecule has 0 bridgehead atoms. The number of rotatable bonds is 8. The van der Waals surface area contributed by atoms with E-state index in [1.54, 1.807) is 0 Å². The number of nitrogens with zero attached hydrogens (tertiary/aromatic N) is 1. The van der Waals surface area contributed by atoms with Gasteiger partial charge in [0.2, 0.25) is 0 Å². The van der Waals surface area contributed by atoms with Crippen LogP contribution in [-0.2, 0) is 0 Å². The second kappa shape index (κ2) is 8.93. The summed E-state index contributed by atoms with van der Waals surface area (Å²) in [6.07, 6.45) is 6.35. The Morgan fingerprint density at radius 1 is 1.26 bits per heavy atom. The second-order valence-electron chi connectivity index (χ2n) is 6.26. The molecule has 0 aromatic carbocycles. The maximum absolute atomic E-state index is 9.32. The Bertz CT molecular complexity index is 223. The van der Waals surface area contributed by atoms with Crippen LogP contribution in [0.2, 0.25) is 0 Å². The minimum absolute atomic E-state index is 0.281. The smallest absolute Gasteiger partial charge is 0.0558 e. The molecule has 3 nitrogen and oxygen atoms in total. The van der Waals surface area contributed by atoms with Gasteiger partial charge < -0.3 is 10.4 Å². The summed E-state index contributed by atoms with van der Waals surface area (Å²) in [4.78, 5) is 2.52. The third-order valence-electron chi connectivity index (χ3n) is 4.93. The van der Waals surface area contributed by atoms with Crippen LogP contribution in [0.5, 0.6) is 0 Å². The van der Waals surface area contributed by atoms with Crippen molar-refractivity contribution in [3.8, 4) is 0 Å². The quantitative estimate of drug-likeness (QED) is 0.711. The summed E-state index contributed by atoms with van der Waals surface area (Å²) in [6.45, 7) is 9.15. The van der Waals surface area contributed by atoms with Gasteiger partial charge in [0.15, 0.2) is 0 Å². The summed E-state index contributed by atoms with van der Waals surface area (Å²) >= 11 is 0. The van der Waals surface area contributed by atoms with Crippen molar-refractivity contribution >= 4 is 0 Å². The average molecular weight is 270 g/mol. The summed E-state index contributed by atoms with van der Waals surface area (Å²) in [6, 6.07) is 1.29. The SMILES string of the molecule is CCC(CC)N(CCO)CC1CC(C)CCC1NC. The summed E-state index contributed by atoms with van der Waals surface area (Å²) in [5, 5.41) is 12.8.